The molecule has 0 aliphatic carbocycles. The Labute approximate surface area is 56.7 Å². The summed E-state index contributed by atoms with van der Waals surface area (Å²) in [5, 5.41) is 9.35. The van der Waals surface area contributed by atoms with Crippen LogP contribution in [0.5, 0.6) is 0 Å². The second-order valence-electron chi connectivity index (χ2n) is 0.287. The van der Waals surface area contributed by atoms with Crippen molar-refractivity contribution in [2.75, 3.05) is 0 Å². The molecule has 0 aromatic carbocycles. The molecule has 0 amide bonds. The van der Waals surface area contributed by atoms with Gasteiger partial charge in [-0.2, -0.15) is 0 Å². The van der Waals surface area contributed by atoms with Gasteiger partial charge in [-0.25, -0.2) is 0 Å². The molecule has 0 aliphatic heterocycles. The van der Waals surface area contributed by atoms with Crippen LogP contribution >= 0.6 is 0 Å². The molecule has 0 fully saturated rings. The zero-order valence-corrected chi connectivity index (χ0v) is 4.82. The number of carboxylic acids is 1. The van der Waals surface area contributed by atoms with E-state index in [0.29, 0.717) is 0 Å². The van der Waals surface area contributed by atoms with Gasteiger partial charge < -0.3 is 9.90 Å². The van der Waals surface area contributed by atoms with Gasteiger partial charge in [0.1, 0.15) is 0 Å². The Morgan fingerprint density at radius 2 is 2.40 bits per heavy atom. The van der Waals surface area contributed by atoms with Gasteiger partial charge in [0.05, 0.1) is 0 Å². The molecule has 0 rings (SSSR count). The maximum Gasteiger partial charge on any atom is 1.00 e. The van der Waals surface area contributed by atoms with Gasteiger partial charge in [0.25, 0.3) is 0 Å². The Kier molecular flexibility index (Phi) is 2.33. The molecule has 0 aromatic heterocycles. The van der Waals surface area contributed by atoms with Gasteiger partial charge in [0.15, 0.2) is 0 Å². The van der Waals surface area contributed by atoms with Crippen molar-refractivity contribution in [1.29, 1.82) is 0 Å². The van der Waals surface area contributed by atoms with E-state index in [1.54, 1.807) is 0 Å². The largest absolute Gasteiger partial charge is 1.00 e. The zero-order valence-electron chi connectivity index (χ0n) is 5.82. The van der Waals surface area contributed by atoms with Crippen molar-refractivity contribution >= 4 is 5.97 Å². The number of carbonyl (C=O) groups excluding carboxylic acids is 1. The van der Waals surface area contributed by atoms with E-state index in [-0.39, 0.29) is 29.6 Å². The molecule has 24 valence electrons. The van der Waals surface area contributed by atoms with Gasteiger partial charge in [-0.05, 0) is 6.85 Å². The van der Waals surface area contributed by atoms with Crippen molar-refractivity contribution in [3.63, 3.8) is 0 Å². The monoisotopic (exact) mass is 87.0 g/mol. The third kappa shape index (κ3) is 123. The Hall–Kier alpha value is 0.470. The van der Waals surface area contributed by atoms with Crippen LogP contribution in [-0.2, 0) is 4.79 Å². The van der Waals surface area contributed by atoms with E-state index in [1.165, 1.54) is 0 Å². The van der Waals surface area contributed by atoms with Gasteiger partial charge in [-0.15, -0.1) is 0 Å². The first-order valence-electron chi connectivity index (χ1n) is 2.16. The summed E-state index contributed by atoms with van der Waals surface area (Å²) < 4.78 is 18.2. The van der Waals surface area contributed by atoms with Crippen molar-refractivity contribution in [3.05, 3.63) is 0 Å². The maximum atomic E-state index is 9.35. The predicted octanol–water partition coefficient (Wildman–Crippen LogP) is -4.24. The molecule has 0 atom stereocenters. The Balaban J connectivity index is 0. The van der Waals surface area contributed by atoms with Gasteiger partial charge >= 0.3 is 29.6 Å². The van der Waals surface area contributed by atoms with Crippen molar-refractivity contribution in [3.8, 4) is 0 Å². The van der Waals surface area contributed by atoms with Crippen LogP contribution in [0.1, 0.15) is 11.0 Å². The number of hydrogen-bond acceptors (Lipinski definition) is 2. The molecule has 0 heterocycles. The molecule has 0 N–H and O–H groups in total. The molecule has 0 unspecified atom stereocenters. The predicted molar refractivity (Wildman–Crippen MR) is 10.7 cm³/mol. The second-order valence-corrected chi connectivity index (χ2v) is 0.287. The van der Waals surface area contributed by atoms with E-state index in [0.717, 1.165) is 0 Å². The molecule has 3 heteroatoms. The minimum Gasteiger partial charge on any atom is -0.550 e. The van der Waals surface area contributed by atoms with E-state index < -0.39 is 12.8 Å². The fraction of sp³-hybridized carbons (Fsp3) is 0.500. The topological polar surface area (TPSA) is 40.1 Å². The van der Waals surface area contributed by atoms with Gasteiger partial charge in [0.2, 0.25) is 0 Å². The van der Waals surface area contributed by atoms with Crippen LogP contribution in [0, 0.1) is 0 Å². The van der Waals surface area contributed by atoms with Crippen LogP contribution < -0.4 is 34.7 Å². The minimum absolute atomic E-state index is 0. The quantitative estimate of drug-likeness (QED) is 0.222. The third-order valence-electron chi connectivity index (χ3n) is 0. The SMILES string of the molecule is [2H][13C]([2H])([2H])[13C](=O)[O-].[Na+]. The molecule has 0 aromatic rings. The molecular formula is C2H3NaO2. The van der Waals surface area contributed by atoms with Gasteiger partial charge in [-0.1, -0.05) is 0 Å². The molecule has 0 bridgehead atoms. The van der Waals surface area contributed by atoms with E-state index in [9.17, 15) is 9.90 Å². The molecule has 0 radical (unpaired) electrons. The van der Waals surface area contributed by atoms with E-state index >= 15 is 0 Å². The van der Waals surface area contributed by atoms with E-state index in [4.69, 9.17) is 4.11 Å². The van der Waals surface area contributed by atoms with Crippen LogP contribution in [0.3, 0.4) is 0 Å². The van der Waals surface area contributed by atoms with Gasteiger partial charge in [-0.3, -0.25) is 0 Å². The summed E-state index contributed by atoms with van der Waals surface area (Å²) in [7, 11) is 0. The smallest absolute Gasteiger partial charge is 0.550 e. The normalized spacial score (nSPS) is 16.4. The van der Waals surface area contributed by atoms with Crippen LogP contribution in [-0.4, -0.2) is 5.97 Å². The summed E-state index contributed by atoms with van der Waals surface area (Å²) in [4.78, 5) is 9.35. The molecule has 0 saturated heterocycles. The van der Waals surface area contributed by atoms with Crippen molar-refractivity contribution in [2.45, 2.75) is 6.85 Å². The number of aliphatic carboxylic acids is 1. The van der Waals surface area contributed by atoms with Crippen LogP contribution in [0.25, 0.3) is 0 Å². The molecule has 2 nitrogen and oxygen atoms in total. The summed E-state index contributed by atoms with van der Waals surface area (Å²) in [6.07, 6.45) is 0. The summed E-state index contributed by atoms with van der Waals surface area (Å²) in [6, 6.07) is 0. The fourth-order valence-corrected chi connectivity index (χ4v) is 0. The summed E-state index contributed by atoms with van der Waals surface area (Å²) >= 11 is 0. The van der Waals surface area contributed by atoms with Crippen molar-refractivity contribution in [2.24, 2.45) is 0 Å². The summed E-state index contributed by atoms with van der Waals surface area (Å²) in [5.74, 6) is -2.01. The molecule has 0 aliphatic rings. The van der Waals surface area contributed by atoms with Crippen molar-refractivity contribution < 1.29 is 43.6 Å². The average Bonchev–Trinajstić information content (AvgIpc) is 1.31. The Bertz CT molecular complexity index is 87.8. The van der Waals surface area contributed by atoms with Crippen molar-refractivity contribution in [1.82, 2.24) is 0 Å². The second kappa shape index (κ2) is 4.47. The number of carbonyl (C=O) groups is 1. The third-order valence-corrected chi connectivity index (χ3v) is 0. The number of carboxylic acid groups (broad SMARTS) is 1. The molecule has 0 spiro atoms. The Morgan fingerprint density at radius 3 is 2.40 bits per heavy atom. The van der Waals surface area contributed by atoms with Crippen LogP contribution in [0.15, 0.2) is 0 Å². The van der Waals surface area contributed by atoms with E-state index in [1.807, 2.05) is 0 Å². The molecule has 5 heavy (non-hydrogen) atoms. The first-order valence-corrected chi connectivity index (χ1v) is 0.658. The van der Waals surface area contributed by atoms with Crippen LogP contribution in [0.4, 0.5) is 0 Å². The summed E-state index contributed by atoms with van der Waals surface area (Å²) in [6.45, 7) is -2.94. The molecule has 0 saturated carbocycles. The van der Waals surface area contributed by atoms with E-state index in [2.05, 4.69) is 0 Å². The fourth-order valence-electron chi connectivity index (χ4n) is 0. The maximum absolute atomic E-state index is 9.35. The minimum atomic E-state index is -2.94. The number of hydrogen-bond donors (Lipinski definition) is 0. The van der Waals surface area contributed by atoms with Gasteiger partial charge in [0, 0.05) is 10.1 Å². The first kappa shape index (κ1) is 2.61. The van der Waals surface area contributed by atoms with Crippen LogP contribution in [0.2, 0.25) is 0 Å². The zero-order chi connectivity index (χ0) is 6.08. The average molecular weight is 87.0 g/mol. The first-order chi connectivity index (χ1) is 2.94. The summed E-state index contributed by atoms with van der Waals surface area (Å²) in [5.41, 5.74) is 0. The molecular weight excluding hydrogens is 81.0 g/mol. The Morgan fingerprint density at radius 1 is 2.20 bits per heavy atom. The standard InChI is InChI=1S/C2H4O2.Na/c1-2(3)4;/h1H3,(H,3,4);/q;+1/p-1/i1+1D3,2+1;. The number of rotatable bonds is 0.